The molecule has 0 aliphatic heterocycles. The molecule has 2 aromatic heterocycles. The second kappa shape index (κ2) is 17.9. The number of hydrogen-bond donors (Lipinski definition) is 5. The van der Waals surface area contributed by atoms with Crippen LogP contribution in [0.5, 0.6) is 0 Å². The van der Waals surface area contributed by atoms with E-state index in [0.717, 1.165) is 46.5 Å². The Morgan fingerprint density at radius 3 is 1.89 bits per heavy atom. The van der Waals surface area contributed by atoms with Crippen LogP contribution < -0.4 is 16.0 Å². The van der Waals surface area contributed by atoms with Crippen LogP contribution in [0.2, 0.25) is 0 Å². The van der Waals surface area contributed by atoms with E-state index in [1.165, 1.54) is 13.5 Å². The first kappa shape index (κ1) is 34.4. The quantitative estimate of drug-likeness (QED) is 0.128. The highest BCUT2D eigenvalue weighted by Crippen LogP contribution is 2.27. The zero-order chi connectivity index (χ0) is 32.6. The maximum Gasteiger partial charge on any atom is 0.407 e. The number of imidazole rings is 2. The molecule has 0 fully saturated rings. The van der Waals surface area contributed by atoms with E-state index in [1.54, 1.807) is 17.3 Å². The molecule has 4 rings (SSSR count). The highest BCUT2D eigenvalue weighted by atomic mass is 16.5. The molecule has 0 bridgehead atoms. The summed E-state index contributed by atoms with van der Waals surface area (Å²) in [6.45, 7) is 9.53. The van der Waals surface area contributed by atoms with Crippen molar-refractivity contribution in [3.63, 3.8) is 0 Å². The summed E-state index contributed by atoms with van der Waals surface area (Å²) in [5.74, 6) is 0.832. The number of carbonyl (C=O) groups is 3. The fourth-order valence-corrected chi connectivity index (χ4v) is 4.27. The largest absolute Gasteiger partial charge is 0.453 e. The van der Waals surface area contributed by atoms with Crippen LogP contribution in [-0.4, -0.2) is 69.6 Å². The van der Waals surface area contributed by atoms with E-state index < -0.39 is 6.09 Å². The summed E-state index contributed by atoms with van der Waals surface area (Å²) in [6, 6.07) is 15.9. The number of rotatable bonds is 12. The van der Waals surface area contributed by atoms with Crippen molar-refractivity contribution in [3.05, 3.63) is 66.7 Å². The summed E-state index contributed by atoms with van der Waals surface area (Å²) in [7, 11) is 1.26. The Bertz CT molecular complexity index is 1500. The smallest absolute Gasteiger partial charge is 0.407 e. The van der Waals surface area contributed by atoms with Gasteiger partial charge in [0, 0.05) is 13.1 Å². The van der Waals surface area contributed by atoms with Crippen LogP contribution in [-0.2, 0) is 16.1 Å². The van der Waals surface area contributed by atoms with Crippen LogP contribution in [0, 0.1) is 0 Å². The van der Waals surface area contributed by atoms with Gasteiger partial charge in [-0.1, -0.05) is 82.6 Å². The molecule has 4 aromatic rings. The minimum Gasteiger partial charge on any atom is -0.453 e. The van der Waals surface area contributed by atoms with Gasteiger partial charge >= 0.3 is 12.1 Å². The molecule has 4 amide bonds. The standard InChI is InChI=1S/C30H36N8O4.C3H8/c1-4-14-31-29(40)37-28-33-17-25(36-28)23-12-8-21(9-13-23)20-6-10-22(11-7-20)24-16-32-26(35-24)19-38(15-5-2)27(39)18-34-30(41)42-3;1-3-2/h6-13,16-17H,4-5,14-15,18-19H2,1-3H3,(H,32,35)(H,34,41)(H3,31,33,36,37,40);3H2,1-2H3. The monoisotopic (exact) mass is 616 g/mol. The average molecular weight is 617 g/mol. The van der Waals surface area contributed by atoms with Crippen molar-refractivity contribution in [2.24, 2.45) is 0 Å². The van der Waals surface area contributed by atoms with Crippen LogP contribution in [0.4, 0.5) is 15.5 Å². The first-order valence-corrected chi connectivity index (χ1v) is 15.3. The van der Waals surface area contributed by atoms with Crippen LogP contribution in [0.25, 0.3) is 33.6 Å². The topological polar surface area (TPSA) is 157 Å². The molecule has 0 atom stereocenters. The summed E-state index contributed by atoms with van der Waals surface area (Å²) in [5, 5.41) is 7.87. The number of ether oxygens (including phenoxy) is 1. The van der Waals surface area contributed by atoms with E-state index in [-0.39, 0.29) is 18.5 Å². The maximum absolute atomic E-state index is 12.6. The summed E-state index contributed by atoms with van der Waals surface area (Å²) in [6.07, 6.45) is 5.68. The molecule has 0 unspecified atom stereocenters. The van der Waals surface area contributed by atoms with Gasteiger partial charge in [-0.15, -0.1) is 0 Å². The second-order valence-corrected chi connectivity index (χ2v) is 10.3. The summed E-state index contributed by atoms with van der Waals surface area (Å²) < 4.78 is 4.54. The predicted octanol–water partition coefficient (Wildman–Crippen LogP) is 6.18. The molecule has 45 heavy (non-hydrogen) atoms. The normalized spacial score (nSPS) is 10.3. The molecular weight excluding hydrogens is 572 g/mol. The number of anilines is 1. The molecule has 12 heteroatoms. The molecule has 0 spiro atoms. The molecule has 0 saturated heterocycles. The molecule has 0 aliphatic carbocycles. The second-order valence-electron chi connectivity index (χ2n) is 10.3. The van der Waals surface area contributed by atoms with Gasteiger partial charge in [-0.05, 0) is 35.1 Å². The van der Waals surface area contributed by atoms with Crippen molar-refractivity contribution in [3.8, 4) is 33.6 Å². The molecule has 12 nitrogen and oxygen atoms in total. The molecule has 0 radical (unpaired) electrons. The van der Waals surface area contributed by atoms with Crippen LogP contribution in [0.15, 0.2) is 60.9 Å². The van der Waals surface area contributed by atoms with Gasteiger partial charge in [0.05, 0.1) is 37.4 Å². The minimum absolute atomic E-state index is 0.138. The average Bonchev–Trinajstić information content (AvgIpc) is 3.73. The van der Waals surface area contributed by atoms with Gasteiger partial charge in [0.2, 0.25) is 11.9 Å². The number of hydrogen-bond acceptors (Lipinski definition) is 6. The maximum atomic E-state index is 12.6. The Kier molecular flexibility index (Phi) is 13.6. The molecule has 2 aromatic carbocycles. The number of methoxy groups -OCH3 is 1. The van der Waals surface area contributed by atoms with E-state index in [2.05, 4.69) is 54.5 Å². The van der Waals surface area contributed by atoms with E-state index in [9.17, 15) is 14.4 Å². The molecule has 2 heterocycles. The van der Waals surface area contributed by atoms with Crippen molar-refractivity contribution in [2.45, 2.75) is 53.5 Å². The predicted molar refractivity (Wildman–Crippen MR) is 176 cm³/mol. The fraction of sp³-hybridized carbons (Fsp3) is 0.364. The van der Waals surface area contributed by atoms with Crippen molar-refractivity contribution in [2.75, 3.05) is 32.1 Å². The number of aromatic amines is 2. The Morgan fingerprint density at radius 1 is 0.778 bits per heavy atom. The number of carbonyl (C=O) groups excluding carboxylic acids is 3. The van der Waals surface area contributed by atoms with Crippen molar-refractivity contribution in [1.82, 2.24) is 35.5 Å². The van der Waals surface area contributed by atoms with Crippen molar-refractivity contribution >= 4 is 24.0 Å². The number of alkyl carbamates (subject to hydrolysis) is 1. The Balaban J connectivity index is 0.00000177. The Morgan fingerprint density at radius 2 is 1.33 bits per heavy atom. The lowest BCUT2D eigenvalue weighted by Gasteiger charge is -2.21. The summed E-state index contributed by atoms with van der Waals surface area (Å²) in [5.41, 5.74) is 5.68. The lowest BCUT2D eigenvalue weighted by Crippen LogP contribution is -2.40. The fourth-order valence-electron chi connectivity index (χ4n) is 4.27. The number of H-pyrrole nitrogens is 2. The van der Waals surface area contributed by atoms with Gasteiger partial charge in [0.15, 0.2) is 0 Å². The molecule has 5 N–H and O–H groups in total. The van der Waals surface area contributed by atoms with Crippen LogP contribution in [0.3, 0.4) is 0 Å². The van der Waals surface area contributed by atoms with E-state index in [4.69, 9.17) is 0 Å². The molecule has 0 saturated carbocycles. The summed E-state index contributed by atoms with van der Waals surface area (Å²) in [4.78, 5) is 52.5. The zero-order valence-electron chi connectivity index (χ0n) is 26.7. The third-order valence-corrected chi connectivity index (χ3v) is 6.45. The first-order valence-electron chi connectivity index (χ1n) is 15.3. The lowest BCUT2D eigenvalue weighted by atomic mass is 10.0. The van der Waals surface area contributed by atoms with Crippen molar-refractivity contribution in [1.29, 1.82) is 0 Å². The molecule has 240 valence electrons. The van der Waals surface area contributed by atoms with Gasteiger partial charge in [-0.25, -0.2) is 19.6 Å². The van der Waals surface area contributed by atoms with Crippen LogP contribution in [0.1, 0.15) is 52.8 Å². The van der Waals surface area contributed by atoms with E-state index in [0.29, 0.717) is 31.4 Å². The van der Waals surface area contributed by atoms with Gasteiger partial charge in [-0.2, -0.15) is 0 Å². The molecular formula is C33H44N8O4. The minimum atomic E-state index is -0.645. The molecule has 0 aliphatic rings. The Hall–Kier alpha value is -5.13. The van der Waals surface area contributed by atoms with E-state index in [1.807, 2.05) is 62.4 Å². The van der Waals surface area contributed by atoms with Gasteiger partial charge in [0.1, 0.15) is 12.4 Å². The highest BCUT2D eigenvalue weighted by molar-refractivity contribution is 5.87. The number of urea groups is 1. The number of nitrogens with one attached hydrogen (secondary N) is 5. The summed E-state index contributed by atoms with van der Waals surface area (Å²) >= 11 is 0. The van der Waals surface area contributed by atoms with Gasteiger partial charge in [0.25, 0.3) is 0 Å². The lowest BCUT2D eigenvalue weighted by molar-refractivity contribution is -0.130. The number of amides is 4. The highest BCUT2D eigenvalue weighted by Gasteiger charge is 2.16. The first-order chi connectivity index (χ1) is 21.8. The van der Waals surface area contributed by atoms with Crippen LogP contribution >= 0.6 is 0 Å². The number of benzene rings is 2. The van der Waals surface area contributed by atoms with E-state index >= 15 is 0 Å². The van der Waals surface area contributed by atoms with Crippen molar-refractivity contribution < 1.29 is 19.1 Å². The SMILES string of the molecule is CCC.CCCNC(=O)Nc1ncc(-c2ccc(-c3ccc(-c4cnc(CN(CCC)C(=O)CNC(=O)OC)[nH]4)cc3)cc2)[nH]1. The Labute approximate surface area is 264 Å². The van der Waals surface area contributed by atoms with Gasteiger partial charge in [-0.3, -0.25) is 10.1 Å². The van der Waals surface area contributed by atoms with Gasteiger partial charge < -0.3 is 30.2 Å². The number of nitrogens with zero attached hydrogens (tertiary/aromatic N) is 3. The number of aromatic nitrogens is 4. The third kappa shape index (κ3) is 10.5. The third-order valence-electron chi connectivity index (χ3n) is 6.45. The zero-order valence-corrected chi connectivity index (χ0v) is 26.7.